The van der Waals surface area contributed by atoms with Crippen LogP contribution in [0.25, 0.3) is 5.69 Å². The maximum absolute atomic E-state index is 13.3. The second-order valence-corrected chi connectivity index (χ2v) is 12.2. The second kappa shape index (κ2) is 13.6. The number of hydrogen-bond acceptors (Lipinski definition) is 6. The number of halogens is 1. The lowest BCUT2D eigenvalue weighted by Gasteiger charge is -2.31. The molecule has 1 fully saturated rings. The van der Waals surface area contributed by atoms with Crippen LogP contribution in [0.4, 0.5) is 5.69 Å². The van der Waals surface area contributed by atoms with Gasteiger partial charge >= 0.3 is 0 Å². The van der Waals surface area contributed by atoms with Crippen LogP contribution in [0.1, 0.15) is 47.5 Å². The standard InChI is InChI=1S/C33H42ClN7O2/c1-23-10-11-29(20-32(23)34)41-25(3)31(24(2)36-41)21-33(42)39-15-12-26(13-16-39)18-27-22-40(37-35-27)14-7-17-43-30-9-6-8-28(19-30)38(4)5/h6,8-11,19-20,22,26H,7,12-18,21H2,1-5H3. The molecule has 4 aromatic rings. The summed E-state index contributed by atoms with van der Waals surface area (Å²) in [7, 11) is 4.04. The van der Waals surface area contributed by atoms with E-state index in [1.165, 1.54) is 0 Å². The molecule has 1 saturated heterocycles. The fourth-order valence-corrected chi connectivity index (χ4v) is 5.83. The summed E-state index contributed by atoms with van der Waals surface area (Å²) in [5, 5.41) is 14.2. The number of amides is 1. The van der Waals surface area contributed by atoms with Crippen molar-refractivity contribution in [2.75, 3.05) is 38.7 Å². The van der Waals surface area contributed by atoms with Gasteiger partial charge in [-0.15, -0.1) is 5.10 Å². The molecule has 10 heteroatoms. The Morgan fingerprint density at radius 3 is 2.63 bits per heavy atom. The molecule has 9 nitrogen and oxygen atoms in total. The van der Waals surface area contributed by atoms with Crippen molar-refractivity contribution in [3.8, 4) is 11.4 Å². The molecule has 0 bridgehead atoms. The minimum atomic E-state index is 0.160. The number of hydrogen-bond donors (Lipinski definition) is 0. The first-order valence-electron chi connectivity index (χ1n) is 15.1. The topological polar surface area (TPSA) is 81.3 Å². The Morgan fingerprint density at radius 1 is 1.09 bits per heavy atom. The minimum absolute atomic E-state index is 0.160. The zero-order valence-corrected chi connectivity index (χ0v) is 26.6. The highest BCUT2D eigenvalue weighted by atomic mass is 35.5. The Balaban J connectivity index is 1.06. The van der Waals surface area contributed by atoms with E-state index in [4.69, 9.17) is 21.4 Å². The molecule has 0 radical (unpaired) electrons. The molecule has 0 unspecified atom stereocenters. The first kappa shape index (κ1) is 30.6. The van der Waals surface area contributed by atoms with E-state index in [0.29, 0.717) is 24.0 Å². The van der Waals surface area contributed by atoms with E-state index in [1.807, 2.05) is 85.5 Å². The van der Waals surface area contributed by atoms with Crippen LogP contribution in [-0.4, -0.2) is 69.4 Å². The number of piperidine rings is 1. The number of benzene rings is 2. The third-order valence-corrected chi connectivity index (χ3v) is 8.76. The molecule has 1 amide bonds. The predicted molar refractivity (Wildman–Crippen MR) is 170 cm³/mol. The Kier molecular flexibility index (Phi) is 9.70. The summed E-state index contributed by atoms with van der Waals surface area (Å²) >= 11 is 6.35. The number of anilines is 1. The van der Waals surface area contributed by atoms with Gasteiger partial charge in [-0.1, -0.05) is 28.9 Å². The Bertz CT molecular complexity index is 1550. The maximum Gasteiger partial charge on any atom is 0.227 e. The third kappa shape index (κ3) is 7.57. The van der Waals surface area contributed by atoms with Gasteiger partial charge in [-0.3, -0.25) is 9.48 Å². The lowest BCUT2D eigenvalue weighted by Crippen LogP contribution is -2.39. The lowest BCUT2D eigenvalue weighted by atomic mass is 9.92. The molecule has 0 atom stereocenters. The van der Waals surface area contributed by atoms with Gasteiger partial charge in [0.1, 0.15) is 5.75 Å². The van der Waals surface area contributed by atoms with Crippen molar-refractivity contribution in [1.82, 2.24) is 29.7 Å². The molecule has 0 spiro atoms. The maximum atomic E-state index is 13.3. The van der Waals surface area contributed by atoms with Crippen LogP contribution in [0.15, 0.2) is 48.7 Å². The lowest BCUT2D eigenvalue weighted by molar-refractivity contribution is -0.131. The van der Waals surface area contributed by atoms with Crippen molar-refractivity contribution >= 4 is 23.2 Å². The summed E-state index contributed by atoms with van der Waals surface area (Å²) in [6.45, 7) is 8.90. The first-order valence-corrected chi connectivity index (χ1v) is 15.4. The number of aryl methyl sites for hydroxylation is 3. The molecule has 3 heterocycles. The van der Waals surface area contributed by atoms with E-state index < -0.39 is 0 Å². The molecule has 228 valence electrons. The Labute approximate surface area is 259 Å². The number of carbonyl (C=O) groups is 1. The highest BCUT2D eigenvalue weighted by Gasteiger charge is 2.25. The zero-order valence-electron chi connectivity index (χ0n) is 25.9. The monoisotopic (exact) mass is 603 g/mol. The molecule has 2 aromatic heterocycles. The summed E-state index contributed by atoms with van der Waals surface area (Å²) in [5.74, 6) is 1.54. The van der Waals surface area contributed by atoms with Gasteiger partial charge < -0.3 is 14.5 Å². The molecule has 1 aliphatic rings. The van der Waals surface area contributed by atoms with Gasteiger partial charge in [-0.2, -0.15) is 5.10 Å². The van der Waals surface area contributed by atoms with E-state index in [-0.39, 0.29) is 5.91 Å². The summed E-state index contributed by atoms with van der Waals surface area (Å²) < 4.78 is 9.72. The highest BCUT2D eigenvalue weighted by molar-refractivity contribution is 6.31. The molecule has 0 aliphatic carbocycles. The van der Waals surface area contributed by atoms with Crippen LogP contribution in [-0.2, 0) is 24.2 Å². The number of nitrogens with zero attached hydrogens (tertiary/aromatic N) is 7. The van der Waals surface area contributed by atoms with Crippen molar-refractivity contribution in [3.05, 3.63) is 81.9 Å². The van der Waals surface area contributed by atoms with Crippen molar-refractivity contribution in [1.29, 1.82) is 0 Å². The van der Waals surface area contributed by atoms with Gasteiger partial charge in [0, 0.05) is 74.4 Å². The van der Waals surface area contributed by atoms with Crippen molar-refractivity contribution in [2.45, 2.75) is 59.4 Å². The van der Waals surface area contributed by atoms with E-state index in [2.05, 4.69) is 27.5 Å². The average Bonchev–Trinajstić information content (AvgIpc) is 3.56. The van der Waals surface area contributed by atoms with Crippen molar-refractivity contribution in [2.24, 2.45) is 5.92 Å². The minimum Gasteiger partial charge on any atom is -0.493 e. The zero-order chi connectivity index (χ0) is 30.5. The third-order valence-electron chi connectivity index (χ3n) is 8.35. The van der Waals surface area contributed by atoms with E-state index in [1.54, 1.807) is 0 Å². The van der Waals surface area contributed by atoms with Gasteiger partial charge in [-0.05, 0) is 75.8 Å². The van der Waals surface area contributed by atoms with Gasteiger partial charge in [0.25, 0.3) is 0 Å². The fraction of sp³-hybridized carbons (Fsp3) is 0.455. The molecular formula is C33H42ClN7O2. The van der Waals surface area contributed by atoms with Crippen LogP contribution in [0.3, 0.4) is 0 Å². The van der Waals surface area contributed by atoms with Crippen LogP contribution in [0.2, 0.25) is 5.02 Å². The van der Waals surface area contributed by atoms with Gasteiger partial charge in [-0.25, -0.2) is 4.68 Å². The van der Waals surface area contributed by atoms with Crippen molar-refractivity contribution < 1.29 is 9.53 Å². The average molecular weight is 604 g/mol. The van der Waals surface area contributed by atoms with Crippen molar-refractivity contribution in [3.63, 3.8) is 0 Å². The van der Waals surface area contributed by atoms with E-state index in [0.717, 1.165) is 90.7 Å². The van der Waals surface area contributed by atoms with Gasteiger partial charge in [0.2, 0.25) is 5.91 Å². The van der Waals surface area contributed by atoms with E-state index in [9.17, 15) is 4.79 Å². The Hall–Kier alpha value is -3.85. The van der Waals surface area contributed by atoms with Crippen LogP contribution < -0.4 is 9.64 Å². The van der Waals surface area contributed by atoms with Crippen LogP contribution in [0.5, 0.6) is 5.75 Å². The molecule has 0 saturated carbocycles. The molecule has 2 aromatic carbocycles. The van der Waals surface area contributed by atoms with Crippen LogP contribution in [0, 0.1) is 26.7 Å². The summed E-state index contributed by atoms with van der Waals surface area (Å²) in [4.78, 5) is 17.3. The molecule has 1 aliphatic heterocycles. The number of aromatic nitrogens is 5. The van der Waals surface area contributed by atoms with E-state index >= 15 is 0 Å². The number of rotatable bonds is 11. The summed E-state index contributed by atoms with van der Waals surface area (Å²) in [6, 6.07) is 14.0. The largest absolute Gasteiger partial charge is 0.493 e. The van der Waals surface area contributed by atoms with Gasteiger partial charge in [0.15, 0.2) is 0 Å². The molecule has 5 rings (SSSR count). The fourth-order valence-electron chi connectivity index (χ4n) is 5.65. The van der Waals surface area contributed by atoms with Crippen LogP contribution >= 0.6 is 11.6 Å². The SMILES string of the molecule is Cc1ccc(-n2nc(C)c(CC(=O)N3CCC(Cc4cn(CCCOc5cccc(N(C)C)c5)nn4)CC3)c2C)cc1Cl. The summed E-state index contributed by atoms with van der Waals surface area (Å²) in [6.07, 6.45) is 6.09. The quantitative estimate of drug-likeness (QED) is 0.208. The number of likely N-dealkylation sites (tertiary alicyclic amines) is 1. The first-order chi connectivity index (χ1) is 20.7. The number of ether oxygens (including phenoxy) is 1. The van der Waals surface area contributed by atoms with Gasteiger partial charge in [0.05, 0.1) is 30.1 Å². The molecular weight excluding hydrogens is 562 g/mol. The Morgan fingerprint density at radius 2 is 1.88 bits per heavy atom. The summed E-state index contributed by atoms with van der Waals surface area (Å²) in [5.41, 5.74) is 6.92. The smallest absolute Gasteiger partial charge is 0.227 e. The normalized spacial score (nSPS) is 13.9. The molecule has 43 heavy (non-hydrogen) atoms. The highest BCUT2D eigenvalue weighted by Crippen LogP contribution is 2.25. The number of carbonyl (C=O) groups excluding carboxylic acids is 1. The second-order valence-electron chi connectivity index (χ2n) is 11.8. The predicted octanol–water partition coefficient (Wildman–Crippen LogP) is 5.60. The molecule has 0 N–H and O–H groups in total.